The van der Waals surface area contributed by atoms with Crippen molar-refractivity contribution in [3.8, 4) is 18.1 Å². The lowest BCUT2D eigenvalue weighted by atomic mass is 9.52. The van der Waals surface area contributed by atoms with Crippen molar-refractivity contribution in [3.05, 3.63) is 29.3 Å². The summed E-state index contributed by atoms with van der Waals surface area (Å²) in [6, 6.07) is 5.76. The molecule has 6 atom stereocenters. The molecule has 0 bridgehead atoms. The molecule has 0 aliphatic heterocycles. The highest BCUT2D eigenvalue weighted by atomic mass is 16.5. The fourth-order valence-electron chi connectivity index (χ4n) is 6.09. The SMILES string of the molecule is C#C[C@@]1(O)CC[C@H]2[C@@H]3CCc4cc(O)ccc4[C@H]3C(OC)C[C@@]21C. The lowest BCUT2D eigenvalue weighted by Crippen LogP contribution is -2.54. The van der Waals surface area contributed by atoms with Crippen molar-refractivity contribution in [2.45, 2.75) is 56.7 Å². The third-order valence-electron chi connectivity index (χ3n) is 7.36. The summed E-state index contributed by atoms with van der Waals surface area (Å²) in [6.45, 7) is 2.17. The molecule has 0 spiro atoms. The number of terminal acetylenes is 1. The minimum absolute atomic E-state index is 0.0535. The van der Waals surface area contributed by atoms with Crippen molar-refractivity contribution in [2.75, 3.05) is 7.11 Å². The number of aliphatic hydroxyl groups is 1. The molecular formula is C21H26O3. The minimum Gasteiger partial charge on any atom is -0.508 e. The first-order chi connectivity index (χ1) is 11.4. The highest BCUT2D eigenvalue weighted by Gasteiger charge is 2.63. The second-order valence-electron chi connectivity index (χ2n) is 8.16. The molecule has 0 radical (unpaired) electrons. The van der Waals surface area contributed by atoms with Crippen LogP contribution in [0.2, 0.25) is 0 Å². The predicted molar refractivity (Wildman–Crippen MR) is 92.7 cm³/mol. The lowest BCUT2D eigenvalue weighted by Gasteiger charge is -2.54. The number of aromatic hydroxyl groups is 1. The van der Waals surface area contributed by atoms with Crippen LogP contribution in [0.3, 0.4) is 0 Å². The van der Waals surface area contributed by atoms with E-state index in [0.29, 0.717) is 29.9 Å². The molecule has 3 heteroatoms. The maximum absolute atomic E-state index is 11.1. The Morgan fingerprint density at radius 2 is 2.12 bits per heavy atom. The molecule has 3 nitrogen and oxygen atoms in total. The Morgan fingerprint density at radius 3 is 2.83 bits per heavy atom. The number of phenols is 1. The van der Waals surface area contributed by atoms with Crippen LogP contribution in [0.1, 0.15) is 49.7 Å². The first-order valence-electron chi connectivity index (χ1n) is 8.98. The van der Waals surface area contributed by atoms with Crippen molar-refractivity contribution >= 4 is 0 Å². The third-order valence-corrected chi connectivity index (χ3v) is 7.36. The number of phenolic OH excluding ortho intramolecular Hbond substituents is 1. The zero-order valence-corrected chi connectivity index (χ0v) is 14.5. The number of fused-ring (bicyclic) bond motifs is 5. The number of hydrogen-bond donors (Lipinski definition) is 2. The Bertz CT molecular complexity index is 706. The fourth-order valence-corrected chi connectivity index (χ4v) is 6.09. The van der Waals surface area contributed by atoms with E-state index in [1.54, 1.807) is 13.2 Å². The molecule has 1 aromatic rings. The van der Waals surface area contributed by atoms with Gasteiger partial charge in [0.25, 0.3) is 0 Å². The number of benzene rings is 1. The molecule has 0 heterocycles. The van der Waals surface area contributed by atoms with Gasteiger partial charge < -0.3 is 14.9 Å². The number of ether oxygens (including phenoxy) is 1. The Kier molecular flexibility index (Phi) is 3.50. The summed E-state index contributed by atoms with van der Waals surface area (Å²) in [5.74, 6) is 4.29. The molecule has 128 valence electrons. The Balaban J connectivity index is 1.80. The van der Waals surface area contributed by atoms with Crippen molar-refractivity contribution < 1.29 is 14.9 Å². The molecule has 2 saturated carbocycles. The second kappa shape index (κ2) is 5.25. The van der Waals surface area contributed by atoms with Gasteiger partial charge in [0.1, 0.15) is 11.4 Å². The molecule has 4 rings (SSSR count). The van der Waals surface area contributed by atoms with E-state index < -0.39 is 5.60 Å². The normalized spacial score (nSPS) is 43.4. The molecule has 0 saturated heterocycles. The van der Waals surface area contributed by atoms with Crippen molar-refractivity contribution in [3.63, 3.8) is 0 Å². The molecule has 1 aromatic carbocycles. The smallest absolute Gasteiger partial charge is 0.130 e. The van der Waals surface area contributed by atoms with E-state index in [9.17, 15) is 10.2 Å². The average Bonchev–Trinajstić information content (AvgIpc) is 2.85. The lowest BCUT2D eigenvalue weighted by molar-refractivity contribution is -0.116. The molecule has 1 unspecified atom stereocenters. The number of rotatable bonds is 1. The van der Waals surface area contributed by atoms with Crippen LogP contribution in [0.25, 0.3) is 0 Å². The molecule has 0 amide bonds. The number of hydrogen-bond acceptors (Lipinski definition) is 3. The summed E-state index contributed by atoms with van der Waals surface area (Å²) in [5.41, 5.74) is 1.26. The molecule has 2 N–H and O–H groups in total. The van der Waals surface area contributed by atoms with Crippen LogP contribution >= 0.6 is 0 Å². The summed E-state index contributed by atoms with van der Waals surface area (Å²) in [4.78, 5) is 0. The van der Waals surface area contributed by atoms with Gasteiger partial charge in [-0.1, -0.05) is 18.9 Å². The van der Waals surface area contributed by atoms with E-state index in [-0.39, 0.29) is 11.5 Å². The van der Waals surface area contributed by atoms with Crippen molar-refractivity contribution in [1.82, 2.24) is 0 Å². The Labute approximate surface area is 144 Å². The van der Waals surface area contributed by atoms with Crippen LogP contribution in [0, 0.1) is 29.6 Å². The fraction of sp³-hybridized carbons (Fsp3) is 0.619. The van der Waals surface area contributed by atoms with Gasteiger partial charge in [0.2, 0.25) is 0 Å². The summed E-state index contributed by atoms with van der Waals surface area (Å²) < 4.78 is 5.92. The monoisotopic (exact) mass is 326 g/mol. The maximum atomic E-state index is 11.1. The summed E-state index contributed by atoms with van der Waals surface area (Å²) in [5, 5.41) is 20.9. The van der Waals surface area contributed by atoms with E-state index >= 15 is 0 Å². The van der Waals surface area contributed by atoms with Gasteiger partial charge >= 0.3 is 0 Å². The molecule has 3 aliphatic carbocycles. The second-order valence-corrected chi connectivity index (χ2v) is 8.16. The zero-order valence-electron chi connectivity index (χ0n) is 14.5. The van der Waals surface area contributed by atoms with Crippen LogP contribution < -0.4 is 0 Å². The van der Waals surface area contributed by atoms with E-state index in [4.69, 9.17) is 11.2 Å². The van der Waals surface area contributed by atoms with E-state index in [1.807, 2.05) is 6.07 Å². The average molecular weight is 326 g/mol. The van der Waals surface area contributed by atoms with E-state index in [0.717, 1.165) is 25.7 Å². The van der Waals surface area contributed by atoms with Crippen LogP contribution in [-0.2, 0) is 11.2 Å². The minimum atomic E-state index is -1.02. The number of aryl methyl sites for hydroxylation is 1. The summed E-state index contributed by atoms with van der Waals surface area (Å²) in [6.07, 6.45) is 10.3. The van der Waals surface area contributed by atoms with Gasteiger partial charge in [-0.15, -0.1) is 6.42 Å². The quantitative estimate of drug-likeness (QED) is 0.779. The zero-order chi connectivity index (χ0) is 17.1. The van der Waals surface area contributed by atoms with Gasteiger partial charge in [-0.2, -0.15) is 0 Å². The standard InChI is InChI=1S/C21H26O3/c1-4-21(23)10-9-17-16-7-5-13-11-14(22)6-8-15(13)19(16)18(24-3)12-20(17,21)2/h1,6,8,11,16-19,22-23H,5,7,9-10,12H2,2-3H3/t16-,17-,18?,19+,20-,21+/m0/s1. The molecule has 0 aromatic heterocycles. The van der Waals surface area contributed by atoms with E-state index in [1.165, 1.54) is 11.1 Å². The van der Waals surface area contributed by atoms with Crippen LogP contribution in [0.4, 0.5) is 0 Å². The van der Waals surface area contributed by atoms with Gasteiger partial charge in [-0.25, -0.2) is 0 Å². The van der Waals surface area contributed by atoms with Gasteiger partial charge in [0.05, 0.1) is 6.10 Å². The molecule has 24 heavy (non-hydrogen) atoms. The predicted octanol–water partition coefficient (Wildman–Crippen LogP) is 3.24. The highest BCUT2D eigenvalue weighted by molar-refractivity contribution is 5.41. The van der Waals surface area contributed by atoms with Gasteiger partial charge in [0.15, 0.2) is 0 Å². The van der Waals surface area contributed by atoms with Gasteiger partial charge in [0, 0.05) is 18.4 Å². The summed E-state index contributed by atoms with van der Waals surface area (Å²) in [7, 11) is 1.77. The third kappa shape index (κ3) is 1.93. The number of methoxy groups -OCH3 is 1. The first kappa shape index (κ1) is 16.0. The van der Waals surface area contributed by atoms with Crippen LogP contribution in [0.5, 0.6) is 5.75 Å². The Morgan fingerprint density at radius 1 is 1.33 bits per heavy atom. The van der Waals surface area contributed by atoms with Crippen LogP contribution in [-0.4, -0.2) is 29.0 Å². The van der Waals surface area contributed by atoms with E-state index in [2.05, 4.69) is 18.9 Å². The largest absolute Gasteiger partial charge is 0.508 e. The van der Waals surface area contributed by atoms with Gasteiger partial charge in [-0.05, 0) is 67.2 Å². The van der Waals surface area contributed by atoms with Gasteiger partial charge in [-0.3, -0.25) is 0 Å². The van der Waals surface area contributed by atoms with Crippen LogP contribution in [0.15, 0.2) is 18.2 Å². The van der Waals surface area contributed by atoms with Crippen molar-refractivity contribution in [1.29, 1.82) is 0 Å². The molecule has 2 fully saturated rings. The first-order valence-corrected chi connectivity index (χ1v) is 8.98. The topological polar surface area (TPSA) is 49.7 Å². The summed E-state index contributed by atoms with van der Waals surface area (Å²) >= 11 is 0. The maximum Gasteiger partial charge on any atom is 0.130 e. The highest BCUT2D eigenvalue weighted by Crippen LogP contribution is 2.64. The Hall–Kier alpha value is -1.50. The van der Waals surface area contributed by atoms with Crippen molar-refractivity contribution in [2.24, 2.45) is 17.3 Å². The molecular weight excluding hydrogens is 300 g/mol. The molecule has 3 aliphatic rings.